The van der Waals surface area contributed by atoms with E-state index in [0.717, 1.165) is 25.7 Å². The molecule has 0 saturated heterocycles. The molecule has 5 aromatic carbocycles. The molecule has 1 aromatic heterocycles. The van der Waals surface area contributed by atoms with Gasteiger partial charge in [0.2, 0.25) is 11.4 Å². The van der Waals surface area contributed by atoms with Gasteiger partial charge in [-0.15, -0.1) is 0 Å². The van der Waals surface area contributed by atoms with Crippen molar-refractivity contribution in [1.82, 2.24) is 4.57 Å². The Morgan fingerprint density at radius 2 is 1.43 bits per heavy atom. The van der Waals surface area contributed by atoms with E-state index < -0.39 is 0 Å². The van der Waals surface area contributed by atoms with E-state index in [4.69, 9.17) is 0 Å². The lowest BCUT2D eigenvalue weighted by Crippen LogP contribution is -2.22. The fourth-order valence-electron chi connectivity index (χ4n) is 8.04. The van der Waals surface area contributed by atoms with Crippen LogP contribution in [-0.2, 0) is 0 Å². The molecular weight excluding hydrogens is 569 g/mol. The number of aromatic nitrogens is 1. The summed E-state index contributed by atoms with van der Waals surface area (Å²) < 4.78 is 5.13. The first-order chi connectivity index (χ1) is 23.1. The summed E-state index contributed by atoms with van der Waals surface area (Å²) in [4.78, 5) is 0. The van der Waals surface area contributed by atoms with Crippen molar-refractivity contribution in [3.8, 4) is 0 Å². The zero-order valence-electron chi connectivity index (χ0n) is 28.0. The molecule has 0 spiro atoms. The summed E-state index contributed by atoms with van der Waals surface area (Å²) in [5.41, 5.74) is 10.8. The van der Waals surface area contributed by atoms with Gasteiger partial charge in [0, 0.05) is 46.2 Å². The van der Waals surface area contributed by atoms with Crippen molar-refractivity contribution < 1.29 is 4.58 Å². The van der Waals surface area contributed by atoms with Crippen LogP contribution in [0.15, 0.2) is 133 Å². The van der Waals surface area contributed by atoms with Gasteiger partial charge < -0.3 is 4.57 Å². The third-order valence-electron chi connectivity index (χ3n) is 10.7. The van der Waals surface area contributed by atoms with Crippen molar-refractivity contribution in [3.05, 3.63) is 149 Å². The molecule has 0 radical (unpaired) electrons. The SMILES string of the molecule is CCC(C)n1/c(=C/C=C2\CCC(/C=C/C3=[N+](C(C)CC)c4cccc5cccc3c45)=C2c2ccccc2)c2cccc3cccc1c32. The molecule has 0 fully saturated rings. The maximum absolute atomic E-state index is 2.56. The van der Waals surface area contributed by atoms with Crippen molar-refractivity contribution in [3.63, 3.8) is 0 Å². The first-order valence-corrected chi connectivity index (χ1v) is 17.5. The van der Waals surface area contributed by atoms with Gasteiger partial charge in [-0.1, -0.05) is 111 Å². The highest BCUT2D eigenvalue weighted by atomic mass is 15.1. The van der Waals surface area contributed by atoms with Gasteiger partial charge >= 0.3 is 0 Å². The zero-order chi connectivity index (χ0) is 32.1. The Kier molecular flexibility index (Phi) is 7.52. The molecule has 1 aliphatic carbocycles. The van der Waals surface area contributed by atoms with E-state index >= 15 is 0 Å². The number of hydrogen-bond acceptors (Lipinski definition) is 0. The minimum Gasteiger partial charge on any atom is -0.338 e. The number of benzene rings is 5. The summed E-state index contributed by atoms with van der Waals surface area (Å²) in [6.45, 7) is 9.28. The van der Waals surface area contributed by atoms with Crippen molar-refractivity contribution in [1.29, 1.82) is 0 Å². The normalized spacial score (nSPS) is 17.5. The van der Waals surface area contributed by atoms with Crippen LogP contribution in [0.2, 0.25) is 0 Å². The summed E-state index contributed by atoms with van der Waals surface area (Å²) in [6, 6.07) is 38.8. The van der Waals surface area contributed by atoms with Crippen LogP contribution in [-0.4, -0.2) is 20.9 Å². The molecule has 47 heavy (non-hydrogen) atoms. The second-order valence-corrected chi connectivity index (χ2v) is 13.3. The van der Waals surface area contributed by atoms with Gasteiger partial charge in [-0.25, -0.2) is 0 Å². The van der Waals surface area contributed by atoms with Crippen molar-refractivity contribution >= 4 is 55.5 Å². The Balaban J connectivity index is 1.29. The van der Waals surface area contributed by atoms with E-state index in [1.165, 1.54) is 77.0 Å². The maximum atomic E-state index is 2.56. The quantitative estimate of drug-likeness (QED) is 0.151. The zero-order valence-corrected chi connectivity index (χ0v) is 28.0. The Morgan fingerprint density at radius 1 is 0.702 bits per heavy atom. The smallest absolute Gasteiger partial charge is 0.214 e. The summed E-state index contributed by atoms with van der Waals surface area (Å²) in [6.07, 6.45) is 13.9. The third kappa shape index (κ3) is 4.81. The molecule has 232 valence electrons. The summed E-state index contributed by atoms with van der Waals surface area (Å²) in [5.74, 6) is 0. The van der Waals surface area contributed by atoms with Crippen LogP contribution in [0.5, 0.6) is 0 Å². The van der Waals surface area contributed by atoms with Crippen LogP contribution in [0.4, 0.5) is 5.69 Å². The second-order valence-electron chi connectivity index (χ2n) is 13.3. The Hall–Kier alpha value is -4.95. The highest BCUT2D eigenvalue weighted by Gasteiger charge is 2.33. The van der Waals surface area contributed by atoms with E-state index in [2.05, 4.69) is 164 Å². The minimum atomic E-state index is 0.411. The van der Waals surface area contributed by atoms with Gasteiger partial charge in [0.25, 0.3) is 0 Å². The average Bonchev–Trinajstić information content (AvgIpc) is 3.78. The van der Waals surface area contributed by atoms with Crippen LogP contribution in [0.3, 0.4) is 0 Å². The molecule has 0 N–H and O–H groups in total. The molecule has 0 saturated carbocycles. The van der Waals surface area contributed by atoms with Crippen LogP contribution in [0.1, 0.15) is 70.5 Å². The lowest BCUT2D eigenvalue weighted by Gasteiger charge is -2.14. The fourth-order valence-corrected chi connectivity index (χ4v) is 8.04. The third-order valence-corrected chi connectivity index (χ3v) is 10.7. The number of rotatable bonds is 8. The van der Waals surface area contributed by atoms with E-state index in [1.54, 1.807) is 0 Å². The minimum absolute atomic E-state index is 0.411. The molecular formula is C45H43N2+. The first-order valence-electron chi connectivity index (χ1n) is 17.5. The predicted molar refractivity (Wildman–Crippen MR) is 202 cm³/mol. The van der Waals surface area contributed by atoms with Gasteiger partial charge in [0.15, 0.2) is 6.04 Å². The molecule has 1 aliphatic heterocycles. The highest BCUT2D eigenvalue weighted by molar-refractivity contribution is 6.20. The fraction of sp³-hybridized carbons (Fsp3) is 0.222. The second kappa shape index (κ2) is 12.0. The van der Waals surface area contributed by atoms with E-state index in [-0.39, 0.29) is 0 Å². The van der Waals surface area contributed by atoms with Crippen molar-refractivity contribution in [2.45, 2.75) is 65.5 Å². The summed E-state index contributed by atoms with van der Waals surface area (Å²) >= 11 is 0. The highest BCUT2D eigenvalue weighted by Crippen LogP contribution is 2.41. The molecule has 6 aromatic rings. The van der Waals surface area contributed by atoms with E-state index in [0.29, 0.717) is 12.1 Å². The molecule has 2 nitrogen and oxygen atoms in total. The van der Waals surface area contributed by atoms with Crippen LogP contribution in [0.25, 0.3) is 44.1 Å². The molecule has 0 amide bonds. The lowest BCUT2D eigenvalue weighted by atomic mass is 9.97. The lowest BCUT2D eigenvalue weighted by molar-refractivity contribution is -0.476. The van der Waals surface area contributed by atoms with Crippen molar-refractivity contribution in [2.75, 3.05) is 0 Å². The first kappa shape index (κ1) is 29.5. The number of nitrogens with zero attached hydrogens (tertiary/aromatic N) is 2. The van der Waals surface area contributed by atoms with E-state index in [1.807, 2.05) is 0 Å². The van der Waals surface area contributed by atoms with Crippen LogP contribution >= 0.6 is 0 Å². The Bertz CT molecular complexity index is 2330. The number of hydrogen-bond donors (Lipinski definition) is 0. The standard InChI is InChI=1S/C45H43N2/c1-5-30(3)46-39(37-20-10-16-33-18-12-22-41(46)44(33)37)28-26-35-24-25-36(43(35)32-14-8-7-9-15-32)27-29-40-38-21-11-17-34-19-13-23-42(45(34)38)47(40)31(4)6-2/h7-23,26-31H,5-6,24-25H2,1-4H3/q+1. The van der Waals surface area contributed by atoms with E-state index in [9.17, 15) is 0 Å². The summed E-state index contributed by atoms with van der Waals surface area (Å²) in [5, 5.41) is 8.04. The van der Waals surface area contributed by atoms with Gasteiger partial charge in [-0.05, 0) is 84.4 Å². The molecule has 8 rings (SSSR count). The van der Waals surface area contributed by atoms with Crippen LogP contribution < -0.4 is 5.35 Å². The molecule has 2 heteroatoms. The monoisotopic (exact) mass is 611 g/mol. The van der Waals surface area contributed by atoms with Gasteiger partial charge in [0.05, 0.1) is 10.9 Å². The van der Waals surface area contributed by atoms with Gasteiger partial charge in [-0.2, -0.15) is 4.58 Å². The molecule has 2 aliphatic rings. The largest absolute Gasteiger partial charge is 0.338 e. The average molecular weight is 612 g/mol. The maximum Gasteiger partial charge on any atom is 0.214 e. The Labute approximate surface area is 278 Å². The number of allylic oxidation sites excluding steroid dienone is 6. The Morgan fingerprint density at radius 3 is 2.19 bits per heavy atom. The molecule has 2 unspecified atom stereocenters. The molecule has 2 heterocycles. The predicted octanol–water partition coefficient (Wildman–Crippen LogP) is 11.1. The van der Waals surface area contributed by atoms with Crippen molar-refractivity contribution in [2.24, 2.45) is 0 Å². The molecule has 0 bridgehead atoms. The van der Waals surface area contributed by atoms with Gasteiger partial charge in [-0.3, -0.25) is 0 Å². The van der Waals surface area contributed by atoms with Gasteiger partial charge in [0.1, 0.15) is 0 Å². The molecule has 2 atom stereocenters. The summed E-state index contributed by atoms with van der Waals surface area (Å²) in [7, 11) is 0. The topological polar surface area (TPSA) is 7.94 Å². The van der Waals surface area contributed by atoms with Crippen LogP contribution in [0, 0.1) is 0 Å².